The van der Waals surface area contributed by atoms with E-state index in [0.717, 1.165) is 33.7 Å². The Hall–Kier alpha value is -4.18. The summed E-state index contributed by atoms with van der Waals surface area (Å²) >= 11 is 0. The van der Waals surface area contributed by atoms with Crippen molar-refractivity contribution < 1.29 is 29.1 Å². The average Bonchev–Trinajstić information content (AvgIpc) is 3.27. The number of allylic oxidation sites excluding steroid dienone is 1. The maximum Gasteiger partial charge on any atom is 0.455 e. The van der Waals surface area contributed by atoms with E-state index in [4.69, 9.17) is 9.39 Å². The van der Waals surface area contributed by atoms with Gasteiger partial charge in [-0.15, -0.1) is 0 Å². The van der Waals surface area contributed by atoms with E-state index in [1.54, 1.807) is 31.4 Å². The van der Waals surface area contributed by atoms with Gasteiger partial charge in [0.05, 0.1) is 30.2 Å². The average molecular weight is 593 g/mol. The molecule has 9 heteroatoms. The van der Waals surface area contributed by atoms with E-state index in [9.17, 15) is 19.7 Å². The Kier molecular flexibility index (Phi) is 8.71. The van der Waals surface area contributed by atoms with Gasteiger partial charge in [-0.25, -0.2) is 0 Å². The van der Waals surface area contributed by atoms with Crippen molar-refractivity contribution in [2.45, 2.75) is 38.6 Å². The van der Waals surface area contributed by atoms with Crippen LogP contribution in [0.2, 0.25) is 6.32 Å². The molecule has 2 amide bonds. The summed E-state index contributed by atoms with van der Waals surface area (Å²) in [5, 5.41) is 24.3. The number of methoxy groups -OCH3 is 1. The molecule has 0 spiro atoms. The van der Waals surface area contributed by atoms with Gasteiger partial charge in [-0.05, 0) is 92.0 Å². The van der Waals surface area contributed by atoms with Gasteiger partial charge in [0.1, 0.15) is 5.75 Å². The van der Waals surface area contributed by atoms with Gasteiger partial charge in [-0.1, -0.05) is 48.0 Å². The molecule has 4 atom stereocenters. The number of carbonyl (C=O) groups excluding carboxylic acids is 2. The molecule has 0 unspecified atom stereocenters. The molecule has 0 bridgehead atoms. The number of benzene rings is 3. The van der Waals surface area contributed by atoms with E-state index >= 15 is 0 Å². The molecule has 3 N–H and O–H groups in total. The van der Waals surface area contributed by atoms with Crippen molar-refractivity contribution in [2.75, 3.05) is 23.9 Å². The van der Waals surface area contributed by atoms with E-state index in [0.29, 0.717) is 31.6 Å². The molecule has 2 fully saturated rings. The highest BCUT2D eigenvalue weighted by Crippen LogP contribution is 2.51. The van der Waals surface area contributed by atoms with Crippen molar-refractivity contribution in [1.29, 1.82) is 0 Å². The molecule has 226 valence electrons. The van der Waals surface area contributed by atoms with Crippen LogP contribution in [-0.2, 0) is 19.0 Å². The van der Waals surface area contributed by atoms with E-state index < -0.39 is 25.1 Å². The second kappa shape index (κ2) is 12.8. The topological polar surface area (TPSA) is 108 Å². The minimum atomic E-state index is -1.04. The summed E-state index contributed by atoms with van der Waals surface area (Å²) in [7, 11) is 0.583. The molecule has 2 heterocycles. The highest BCUT2D eigenvalue weighted by molar-refractivity contribution is 6.43. The fourth-order valence-corrected chi connectivity index (χ4v) is 7.01. The van der Waals surface area contributed by atoms with Crippen LogP contribution in [0, 0.1) is 17.8 Å². The fraction of sp³-hybridized carbons (Fsp3) is 0.314. The van der Waals surface area contributed by atoms with Crippen LogP contribution in [-0.4, -0.2) is 48.9 Å². The van der Waals surface area contributed by atoms with Crippen LogP contribution in [0.15, 0.2) is 95.6 Å². The van der Waals surface area contributed by atoms with E-state index in [-0.39, 0.29) is 29.8 Å². The predicted octanol–water partition coefficient (Wildman–Crippen LogP) is 5.97. The first-order chi connectivity index (χ1) is 21.3. The lowest BCUT2D eigenvalue weighted by Crippen LogP contribution is -2.46. The number of ether oxygens (including phenoxy) is 1. The predicted molar refractivity (Wildman–Crippen MR) is 171 cm³/mol. The Morgan fingerprint density at radius 3 is 2.43 bits per heavy atom. The molecular weight excluding hydrogens is 555 g/mol. The number of nitrogens with one attached hydrogen (secondary N) is 1. The van der Waals surface area contributed by atoms with Crippen LogP contribution in [0.25, 0.3) is 6.08 Å². The summed E-state index contributed by atoms with van der Waals surface area (Å²) in [6, 6.07) is 24.3. The highest BCUT2D eigenvalue weighted by Gasteiger charge is 2.57. The quantitative estimate of drug-likeness (QED) is 0.160. The first-order valence-corrected chi connectivity index (χ1v) is 15.1. The van der Waals surface area contributed by atoms with Crippen LogP contribution in [0.4, 0.5) is 17.1 Å². The summed E-state index contributed by atoms with van der Waals surface area (Å²) in [4.78, 5) is 29.2. The van der Waals surface area contributed by atoms with E-state index in [1.165, 1.54) is 4.90 Å². The molecule has 3 aliphatic rings. The number of rotatable bonds is 9. The number of aromatic hydroxyl groups is 1. The Balaban J connectivity index is 1.24. The van der Waals surface area contributed by atoms with Crippen molar-refractivity contribution in [3.63, 3.8) is 0 Å². The van der Waals surface area contributed by atoms with Crippen LogP contribution in [0.1, 0.15) is 31.7 Å². The summed E-state index contributed by atoms with van der Waals surface area (Å²) in [5.74, 6) is -1.63. The number of imide groups is 1. The number of fused-ring (bicyclic) bond motifs is 3. The molecule has 6 rings (SSSR count). The van der Waals surface area contributed by atoms with Crippen LogP contribution < -0.4 is 10.2 Å². The molecule has 44 heavy (non-hydrogen) atoms. The zero-order valence-corrected chi connectivity index (χ0v) is 25.0. The first kappa shape index (κ1) is 29.9. The molecule has 3 aromatic carbocycles. The second-order valence-electron chi connectivity index (χ2n) is 11.9. The third kappa shape index (κ3) is 5.95. The Labute approximate surface area is 258 Å². The summed E-state index contributed by atoms with van der Waals surface area (Å²) in [5.41, 5.74) is 6.09. The fourth-order valence-electron chi connectivity index (χ4n) is 7.01. The van der Waals surface area contributed by atoms with Gasteiger partial charge in [0.25, 0.3) is 0 Å². The van der Waals surface area contributed by atoms with Crippen LogP contribution in [0.3, 0.4) is 0 Å². The zero-order chi connectivity index (χ0) is 30.8. The number of phenols is 1. The SMILES string of the molecule is COCC1=C2[C@@H](CC/C(C)=C/c3ccccc3O)OB(O)C[C@@H]2[C@@H]2C(=O)N(c3ccc(Nc4ccccc4)cc3)C(=O)[C@@H]2C1. The second-order valence-corrected chi connectivity index (χ2v) is 11.9. The maximum atomic E-state index is 14.0. The molecular formula is C35H37BN2O6. The normalized spacial score (nSPS) is 23.6. The monoisotopic (exact) mass is 592 g/mol. The third-order valence-corrected chi connectivity index (χ3v) is 8.95. The molecule has 1 aliphatic carbocycles. The van der Waals surface area contributed by atoms with Crippen molar-refractivity contribution in [2.24, 2.45) is 17.8 Å². The van der Waals surface area contributed by atoms with Gasteiger partial charge >= 0.3 is 7.12 Å². The third-order valence-electron chi connectivity index (χ3n) is 8.95. The zero-order valence-electron chi connectivity index (χ0n) is 25.0. The van der Waals surface area contributed by atoms with E-state index in [2.05, 4.69) is 5.32 Å². The molecule has 0 radical (unpaired) electrons. The summed E-state index contributed by atoms with van der Waals surface area (Å²) < 4.78 is 11.7. The van der Waals surface area contributed by atoms with Gasteiger partial charge in [0, 0.05) is 24.0 Å². The smallest absolute Gasteiger partial charge is 0.455 e. The number of carbonyl (C=O) groups is 2. The van der Waals surface area contributed by atoms with Crippen molar-refractivity contribution in [3.8, 4) is 5.75 Å². The maximum absolute atomic E-state index is 14.0. The lowest BCUT2D eigenvalue weighted by Gasteiger charge is -2.43. The lowest BCUT2D eigenvalue weighted by molar-refractivity contribution is -0.122. The van der Waals surface area contributed by atoms with Gasteiger partial charge < -0.3 is 24.8 Å². The van der Waals surface area contributed by atoms with Gasteiger partial charge in [0.15, 0.2) is 0 Å². The summed E-state index contributed by atoms with van der Waals surface area (Å²) in [6.07, 6.45) is 3.46. The van der Waals surface area contributed by atoms with Crippen LogP contribution in [0.5, 0.6) is 5.75 Å². The number of nitrogens with zero attached hydrogens (tertiary/aromatic N) is 1. The summed E-state index contributed by atoms with van der Waals surface area (Å²) in [6.45, 7) is 2.33. The van der Waals surface area contributed by atoms with Crippen molar-refractivity contribution >= 4 is 42.1 Å². The van der Waals surface area contributed by atoms with Crippen molar-refractivity contribution in [3.05, 3.63) is 101 Å². The standard InChI is InChI=1S/C35H37BN2O6/c1-22(18-23-8-6-7-11-30(23)39)12-17-31-32-24(21-43-2)19-28-33(29(32)20-36(42)44-31)35(41)38(34(28)40)27-15-13-26(14-16-27)37-25-9-4-3-5-10-25/h3-11,13-16,18,28-29,31,33,37,39,42H,12,17,19-21H2,1-2H3/b22-18+/t28-,29+,31-,33-/m1/s1. The highest BCUT2D eigenvalue weighted by atomic mass is 16.5. The Morgan fingerprint density at radius 1 is 1.00 bits per heavy atom. The molecule has 3 aromatic rings. The number of hydrogen-bond donors (Lipinski definition) is 3. The largest absolute Gasteiger partial charge is 0.507 e. The van der Waals surface area contributed by atoms with Gasteiger partial charge in [0.2, 0.25) is 11.8 Å². The minimum absolute atomic E-state index is 0.213. The number of para-hydroxylation sites is 2. The molecule has 0 aromatic heterocycles. The first-order valence-electron chi connectivity index (χ1n) is 15.1. The Bertz CT molecular complexity index is 1590. The van der Waals surface area contributed by atoms with Crippen LogP contribution >= 0.6 is 0 Å². The minimum Gasteiger partial charge on any atom is -0.507 e. The Morgan fingerprint density at radius 2 is 1.70 bits per heavy atom. The van der Waals surface area contributed by atoms with Gasteiger partial charge in [-0.2, -0.15) is 0 Å². The van der Waals surface area contributed by atoms with Crippen molar-refractivity contribution in [1.82, 2.24) is 0 Å². The molecule has 2 saturated heterocycles. The number of phenolic OH excluding ortho intramolecular Hbond substituents is 1. The number of anilines is 3. The molecule has 8 nitrogen and oxygen atoms in total. The van der Waals surface area contributed by atoms with Gasteiger partial charge in [-0.3, -0.25) is 14.5 Å². The number of amides is 2. The van der Waals surface area contributed by atoms with E-state index in [1.807, 2.05) is 67.6 Å². The lowest BCUT2D eigenvalue weighted by atomic mass is 9.58. The molecule has 0 saturated carbocycles. The number of hydrogen-bond acceptors (Lipinski definition) is 7. The molecule has 2 aliphatic heterocycles.